The van der Waals surface area contributed by atoms with Crippen molar-refractivity contribution in [3.63, 3.8) is 0 Å². The van der Waals surface area contributed by atoms with E-state index in [9.17, 15) is 14.7 Å². The number of hydrogen-bond acceptors (Lipinski definition) is 7. The molecule has 3 fully saturated rings. The van der Waals surface area contributed by atoms with Crippen LogP contribution in [0.3, 0.4) is 0 Å². The van der Waals surface area contributed by atoms with Gasteiger partial charge in [-0.3, -0.25) is 14.0 Å². The first kappa shape index (κ1) is 29.7. The van der Waals surface area contributed by atoms with Crippen LogP contribution in [0.4, 0.5) is 0 Å². The van der Waals surface area contributed by atoms with Gasteiger partial charge in [0.2, 0.25) is 5.91 Å². The number of nitrogens with two attached hydrogens (primary N) is 1. The fraction of sp³-hybridized carbons (Fsp3) is 0.529. The quantitative estimate of drug-likeness (QED) is 0.259. The van der Waals surface area contributed by atoms with E-state index in [1.54, 1.807) is 21.0 Å². The molecule has 0 radical (unpaired) electrons. The lowest BCUT2D eigenvalue weighted by Crippen LogP contribution is -2.40. The molecule has 2 saturated heterocycles. The Labute approximate surface area is 262 Å². The summed E-state index contributed by atoms with van der Waals surface area (Å²) >= 11 is 0. The molecule has 4 aromatic heterocycles. The highest BCUT2D eigenvalue weighted by atomic mass is 16.5. The summed E-state index contributed by atoms with van der Waals surface area (Å²) in [6.45, 7) is 7.95. The first-order valence-electron chi connectivity index (χ1n) is 16.1. The van der Waals surface area contributed by atoms with Gasteiger partial charge in [-0.25, -0.2) is 9.97 Å². The number of imidazole rings is 1. The number of nitrogens with one attached hydrogen (secondary N) is 1. The Morgan fingerprint density at radius 2 is 1.93 bits per heavy atom. The fourth-order valence-electron chi connectivity index (χ4n) is 7.15. The van der Waals surface area contributed by atoms with Crippen LogP contribution in [0.25, 0.3) is 28.1 Å². The van der Waals surface area contributed by atoms with Crippen molar-refractivity contribution in [3.05, 3.63) is 47.3 Å². The van der Waals surface area contributed by atoms with E-state index >= 15 is 0 Å². The standard InChI is InChI=1S/C34H43N7O4/c1-18(36-33(44)34(3,4)17-42)25-10-8-21-12-27(39(31(21)37-25)16-20-6-7-20)30-19(2)40-28(38-30)13-22(14-29(40)45-5)32(43)41-23-9-11-26(41)24(35)15-23/h8,10,12-14,18,20,23-24,26,42H,6-7,9,11,15-17,35H2,1-5H3,(H,36,44)/t18-,23+,24-,26?/m1/s1. The summed E-state index contributed by atoms with van der Waals surface area (Å²) in [6, 6.07) is 9.79. The number of pyridine rings is 2. The van der Waals surface area contributed by atoms with Crippen molar-refractivity contribution in [3.8, 4) is 17.3 Å². The third-order valence-electron chi connectivity index (χ3n) is 10.1. The van der Waals surface area contributed by atoms with Crippen LogP contribution in [0.15, 0.2) is 30.3 Å². The lowest BCUT2D eigenvalue weighted by molar-refractivity contribution is -0.132. The monoisotopic (exact) mass is 613 g/mol. The third-order valence-corrected chi connectivity index (χ3v) is 10.1. The van der Waals surface area contributed by atoms with Gasteiger partial charge in [-0.1, -0.05) is 0 Å². The number of nitrogens with zero attached hydrogens (tertiary/aromatic N) is 5. The van der Waals surface area contributed by atoms with E-state index in [-0.39, 0.29) is 42.6 Å². The van der Waals surface area contributed by atoms with Gasteiger partial charge in [-0.05, 0) is 90.0 Å². The normalized spacial score (nSPS) is 22.0. The highest BCUT2D eigenvalue weighted by Gasteiger charge is 2.47. The van der Waals surface area contributed by atoms with Crippen molar-refractivity contribution in [2.75, 3.05) is 13.7 Å². The fourth-order valence-corrected chi connectivity index (χ4v) is 7.15. The van der Waals surface area contributed by atoms with E-state index < -0.39 is 5.41 Å². The van der Waals surface area contributed by atoms with Gasteiger partial charge in [0, 0.05) is 41.7 Å². The maximum Gasteiger partial charge on any atom is 0.254 e. The average molecular weight is 614 g/mol. The van der Waals surface area contributed by atoms with Crippen LogP contribution in [-0.4, -0.2) is 72.6 Å². The molecular formula is C34H43N7O4. The lowest BCUT2D eigenvalue weighted by atomic mass is 9.93. The van der Waals surface area contributed by atoms with Gasteiger partial charge in [0.05, 0.1) is 42.3 Å². The first-order chi connectivity index (χ1) is 21.5. The minimum absolute atomic E-state index is 0.0124. The maximum atomic E-state index is 13.8. The van der Waals surface area contributed by atoms with E-state index in [4.69, 9.17) is 20.4 Å². The van der Waals surface area contributed by atoms with Crippen LogP contribution < -0.4 is 15.8 Å². The lowest BCUT2D eigenvalue weighted by Gasteiger charge is -2.23. The van der Waals surface area contributed by atoms with Crippen molar-refractivity contribution in [1.29, 1.82) is 0 Å². The predicted octanol–water partition coefficient (Wildman–Crippen LogP) is 3.98. The summed E-state index contributed by atoms with van der Waals surface area (Å²) in [6.07, 6.45) is 5.16. The number of rotatable bonds is 9. The average Bonchev–Trinajstić information content (AvgIpc) is 3.34. The topological polar surface area (TPSA) is 140 Å². The van der Waals surface area contributed by atoms with Crippen LogP contribution in [0.5, 0.6) is 5.88 Å². The van der Waals surface area contributed by atoms with E-state index in [2.05, 4.69) is 16.0 Å². The summed E-state index contributed by atoms with van der Waals surface area (Å²) in [7, 11) is 1.62. The van der Waals surface area contributed by atoms with Gasteiger partial charge in [0.25, 0.3) is 5.91 Å². The molecule has 238 valence electrons. The molecule has 1 aliphatic carbocycles. The number of aryl methyl sites for hydroxylation is 1. The number of ether oxygens (including phenoxy) is 1. The van der Waals surface area contributed by atoms with Gasteiger partial charge in [0.15, 0.2) is 5.88 Å². The molecule has 6 heterocycles. The first-order valence-corrected chi connectivity index (χ1v) is 16.1. The van der Waals surface area contributed by atoms with Crippen molar-refractivity contribution in [1.82, 2.24) is 29.2 Å². The minimum Gasteiger partial charge on any atom is -0.482 e. The van der Waals surface area contributed by atoms with Crippen LogP contribution in [0, 0.1) is 18.3 Å². The molecule has 0 spiro atoms. The molecule has 2 aliphatic heterocycles. The summed E-state index contributed by atoms with van der Waals surface area (Å²) in [4.78, 5) is 38.7. The van der Waals surface area contributed by atoms with E-state index in [0.29, 0.717) is 23.0 Å². The van der Waals surface area contributed by atoms with Crippen molar-refractivity contribution in [2.24, 2.45) is 17.1 Å². The Kier molecular flexibility index (Phi) is 7.16. The second-order valence-corrected chi connectivity index (χ2v) is 13.9. The number of carbonyl (C=O) groups is 2. The molecule has 4 aromatic rings. The Hall–Kier alpha value is -3.96. The number of hydrogen-bond donors (Lipinski definition) is 3. The van der Waals surface area contributed by atoms with Gasteiger partial charge >= 0.3 is 0 Å². The van der Waals surface area contributed by atoms with Gasteiger partial charge < -0.3 is 30.4 Å². The second-order valence-electron chi connectivity index (χ2n) is 13.9. The summed E-state index contributed by atoms with van der Waals surface area (Å²) in [5.74, 6) is 0.900. The highest BCUT2D eigenvalue weighted by molar-refractivity contribution is 5.97. The van der Waals surface area contributed by atoms with E-state index in [0.717, 1.165) is 59.6 Å². The molecule has 1 unspecified atom stereocenters. The molecule has 2 amide bonds. The smallest absolute Gasteiger partial charge is 0.254 e. The summed E-state index contributed by atoms with van der Waals surface area (Å²) in [5, 5.41) is 13.6. The number of fused-ring (bicyclic) bond motifs is 4. The Bertz CT molecular complexity index is 1820. The molecular weight excluding hydrogens is 570 g/mol. The minimum atomic E-state index is -0.884. The third kappa shape index (κ3) is 4.96. The zero-order chi connectivity index (χ0) is 31.8. The van der Waals surface area contributed by atoms with Gasteiger partial charge in [-0.2, -0.15) is 0 Å². The van der Waals surface area contributed by atoms with Crippen LogP contribution in [0.2, 0.25) is 0 Å². The number of carbonyl (C=O) groups excluding carboxylic acids is 2. The molecule has 3 aliphatic rings. The molecule has 11 nitrogen and oxygen atoms in total. The molecule has 4 N–H and O–H groups in total. The van der Waals surface area contributed by atoms with Gasteiger partial charge in [-0.15, -0.1) is 0 Å². The second kappa shape index (κ2) is 10.8. The molecule has 11 heteroatoms. The summed E-state index contributed by atoms with van der Waals surface area (Å²) < 4.78 is 10.0. The molecule has 45 heavy (non-hydrogen) atoms. The molecule has 2 bridgehead atoms. The number of aliphatic hydroxyl groups is 1. The number of methoxy groups -OCH3 is 1. The van der Waals surface area contributed by atoms with Crippen molar-refractivity contribution in [2.45, 2.75) is 90.5 Å². The molecule has 4 atom stereocenters. The number of aromatic nitrogens is 4. The van der Waals surface area contributed by atoms with Crippen LogP contribution in [-0.2, 0) is 11.3 Å². The maximum absolute atomic E-state index is 13.8. The summed E-state index contributed by atoms with van der Waals surface area (Å²) in [5.41, 5.74) is 11.0. The highest BCUT2D eigenvalue weighted by Crippen LogP contribution is 2.40. The van der Waals surface area contributed by atoms with Crippen molar-refractivity contribution >= 4 is 28.5 Å². The molecule has 1 saturated carbocycles. The predicted molar refractivity (Wildman–Crippen MR) is 171 cm³/mol. The molecule has 0 aromatic carbocycles. The largest absolute Gasteiger partial charge is 0.482 e. The zero-order valence-corrected chi connectivity index (χ0v) is 26.7. The van der Waals surface area contributed by atoms with Crippen LogP contribution in [0.1, 0.15) is 80.7 Å². The Morgan fingerprint density at radius 1 is 1.16 bits per heavy atom. The SMILES string of the molecule is COc1cc(C(=O)N2C3CC[C@H]2C[C@H]3N)cc2nc(-c3cc4ccc([C@@H](C)NC(=O)C(C)(C)CO)nc4n3CC3CC3)c(C)n12. The molecule has 7 rings (SSSR count). The van der Waals surface area contributed by atoms with Crippen LogP contribution >= 0.6 is 0 Å². The Morgan fingerprint density at radius 3 is 2.58 bits per heavy atom. The van der Waals surface area contributed by atoms with Gasteiger partial charge in [0.1, 0.15) is 17.0 Å². The van der Waals surface area contributed by atoms with E-state index in [1.807, 2.05) is 47.4 Å². The number of aliphatic hydroxyl groups excluding tert-OH is 1. The number of amides is 2. The van der Waals surface area contributed by atoms with E-state index in [1.165, 1.54) is 12.8 Å². The zero-order valence-electron chi connectivity index (χ0n) is 26.7. The van der Waals surface area contributed by atoms with Crippen molar-refractivity contribution < 1.29 is 19.4 Å². The Balaban J connectivity index is 1.29.